The summed E-state index contributed by atoms with van der Waals surface area (Å²) < 4.78 is 50.4. The smallest absolute Gasteiger partial charge is 0.186 e. The number of rotatable bonds is 3. The molecule has 3 N–H and O–H groups in total. The highest BCUT2D eigenvalue weighted by atomic mass is 32.2. The molecule has 0 heterocycles. The molecule has 1 aliphatic rings. The molecule has 0 aromatic heterocycles. The Labute approximate surface area is 110 Å². The van der Waals surface area contributed by atoms with Gasteiger partial charge in [0.05, 0.1) is 0 Å². The summed E-state index contributed by atoms with van der Waals surface area (Å²) in [5.41, 5.74) is 5.16. The number of nitrogens with two attached hydrogens (primary N) is 1. The molecule has 1 fully saturated rings. The van der Waals surface area contributed by atoms with Crippen LogP contribution in [0.25, 0.3) is 0 Å². The van der Waals surface area contributed by atoms with Crippen molar-refractivity contribution in [1.82, 2.24) is 0 Å². The first-order valence-electron chi connectivity index (χ1n) is 5.78. The van der Waals surface area contributed by atoms with Gasteiger partial charge in [0.1, 0.15) is 10.7 Å². The van der Waals surface area contributed by atoms with Crippen LogP contribution < -0.4 is 5.73 Å². The highest BCUT2D eigenvalue weighted by molar-refractivity contribution is 7.90. The SMILES string of the molecule is CC(N)C1(c2cc(F)c(S(C)(=O)=O)c(F)c2O)CC1. The Morgan fingerprint density at radius 1 is 1.42 bits per heavy atom. The Morgan fingerprint density at radius 3 is 2.32 bits per heavy atom. The first-order chi connectivity index (χ1) is 8.61. The largest absolute Gasteiger partial charge is 0.505 e. The molecule has 1 saturated carbocycles. The van der Waals surface area contributed by atoms with Crippen molar-refractivity contribution in [2.45, 2.75) is 36.1 Å². The Balaban J connectivity index is 2.70. The van der Waals surface area contributed by atoms with Crippen LogP contribution in [-0.4, -0.2) is 25.8 Å². The van der Waals surface area contributed by atoms with Crippen LogP contribution in [0.15, 0.2) is 11.0 Å². The summed E-state index contributed by atoms with van der Waals surface area (Å²) >= 11 is 0. The van der Waals surface area contributed by atoms with E-state index >= 15 is 0 Å². The van der Waals surface area contributed by atoms with Gasteiger partial charge in [-0.1, -0.05) is 0 Å². The predicted octanol–water partition coefficient (Wildman–Crippen LogP) is 1.45. The second kappa shape index (κ2) is 4.14. The van der Waals surface area contributed by atoms with Gasteiger partial charge in [-0.05, 0) is 25.8 Å². The van der Waals surface area contributed by atoms with Crippen LogP contribution in [0.1, 0.15) is 25.3 Å². The van der Waals surface area contributed by atoms with Crippen LogP contribution in [0, 0.1) is 11.6 Å². The van der Waals surface area contributed by atoms with E-state index in [9.17, 15) is 22.3 Å². The second-order valence-electron chi connectivity index (χ2n) is 5.11. The van der Waals surface area contributed by atoms with E-state index in [0.717, 1.165) is 6.07 Å². The summed E-state index contributed by atoms with van der Waals surface area (Å²) in [6.07, 6.45) is 1.90. The van der Waals surface area contributed by atoms with Crippen LogP contribution in [0.3, 0.4) is 0 Å². The normalized spacial score (nSPS) is 19.2. The molecule has 1 unspecified atom stereocenters. The zero-order valence-electron chi connectivity index (χ0n) is 10.6. The van der Waals surface area contributed by atoms with E-state index in [4.69, 9.17) is 5.73 Å². The molecule has 1 aromatic rings. The third-order valence-corrected chi connectivity index (χ3v) is 4.83. The Kier molecular flexibility index (Phi) is 3.10. The maximum Gasteiger partial charge on any atom is 0.186 e. The minimum atomic E-state index is -4.09. The van der Waals surface area contributed by atoms with E-state index < -0.39 is 37.5 Å². The molecule has 0 amide bonds. The number of sulfone groups is 1. The van der Waals surface area contributed by atoms with Crippen molar-refractivity contribution < 1.29 is 22.3 Å². The number of aromatic hydroxyl groups is 1. The van der Waals surface area contributed by atoms with E-state index in [2.05, 4.69) is 0 Å². The van der Waals surface area contributed by atoms with Gasteiger partial charge < -0.3 is 10.8 Å². The molecule has 0 radical (unpaired) electrons. The average molecular weight is 291 g/mol. The summed E-state index contributed by atoms with van der Waals surface area (Å²) in [5.74, 6) is -3.46. The van der Waals surface area contributed by atoms with E-state index in [-0.39, 0.29) is 11.6 Å². The van der Waals surface area contributed by atoms with Gasteiger partial charge in [0.15, 0.2) is 21.4 Å². The summed E-state index contributed by atoms with van der Waals surface area (Å²) in [6.45, 7) is 1.69. The van der Waals surface area contributed by atoms with E-state index in [0.29, 0.717) is 19.1 Å². The number of phenols is 1. The van der Waals surface area contributed by atoms with Gasteiger partial charge >= 0.3 is 0 Å². The van der Waals surface area contributed by atoms with Crippen molar-refractivity contribution in [1.29, 1.82) is 0 Å². The Bertz CT molecular complexity index is 637. The number of halogens is 2. The first kappa shape index (κ1) is 14.2. The average Bonchev–Trinajstić information content (AvgIpc) is 3.02. The number of hydrogen-bond donors (Lipinski definition) is 2. The topological polar surface area (TPSA) is 80.4 Å². The lowest BCUT2D eigenvalue weighted by Gasteiger charge is -2.22. The zero-order chi connectivity index (χ0) is 14.6. The molecule has 1 atom stereocenters. The maximum atomic E-state index is 13.9. The van der Waals surface area contributed by atoms with Crippen molar-refractivity contribution in [3.05, 3.63) is 23.3 Å². The van der Waals surface area contributed by atoms with Crippen LogP contribution >= 0.6 is 0 Å². The third-order valence-electron chi connectivity index (χ3n) is 3.72. The van der Waals surface area contributed by atoms with Crippen LogP contribution in [0.2, 0.25) is 0 Å². The number of phenolic OH excluding ortho intramolecular Hbond substituents is 1. The van der Waals surface area contributed by atoms with E-state index in [1.807, 2.05) is 0 Å². The molecule has 19 heavy (non-hydrogen) atoms. The van der Waals surface area contributed by atoms with Gasteiger partial charge in [0, 0.05) is 23.3 Å². The molecule has 0 aliphatic heterocycles. The van der Waals surface area contributed by atoms with Gasteiger partial charge in [-0.25, -0.2) is 17.2 Å². The lowest BCUT2D eigenvalue weighted by atomic mass is 9.88. The van der Waals surface area contributed by atoms with Gasteiger partial charge in [-0.15, -0.1) is 0 Å². The third kappa shape index (κ3) is 2.10. The summed E-state index contributed by atoms with van der Waals surface area (Å²) in [5, 5.41) is 9.83. The molecular formula is C12H15F2NO3S. The first-order valence-corrected chi connectivity index (χ1v) is 7.67. The minimum Gasteiger partial charge on any atom is -0.505 e. The molecule has 0 bridgehead atoms. The molecule has 2 rings (SSSR count). The molecular weight excluding hydrogens is 276 g/mol. The van der Waals surface area contributed by atoms with Crippen LogP contribution in [0.5, 0.6) is 5.75 Å². The lowest BCUT2D eigenvalue weighted by molar-refractivity contribution is 0.392. The molecule has 0 spiro atoms. The molecule has 0 saturated heterocycles. The molecule has 7 heteroatoms. The lowest BCUT2D eigenvalue weighted by Crippen LogP contribution is -2.32. The monoisotopic (exact) mass is 291 g/mol. The van der Waals surface area contributed by atoms with E-state index in [1.165, 1.54) is 0 Å². The van der Waals surface area contributed by atoms with Crippen molar-refractivity contribution in [2.24, 2.45) is 5.73 Å². The van der Waals surface area contributed by atoms with Crippen LogP contribution in [0.4, 0.5) is 8.78 Å². The van der Waals surface area contributed by atoms with Gasteiger partial charge in [0.2, 0.25) is 0 Å². The fraction of sp³-hybridized carbons (Fsp3) is 0.500. The van der Waals surface area contributed by atoms with Crippen molar-refractivity contribution in [3.8, 4) is 5.75 Å². The quantitative estimate of drug-likeness (QED) is 0.883. The molecule has 1 aliphatic carbocycles. The Morgan fingerprint density at radius 2 is 1.95 bits per heavy atom. The maximum absolute atomic E-state index is 13.9. The van der Waals surface area contributed by atoms with Crippen LogP contribution in [-0.2, 0) is 15.3 Å². The minimum absolute atomic E-state index is 0.0462. The molecule has 4 nitrogen and oxygen atoms in total. The summed E-state index contributed by atoms with van der Waals surface area (Å²) in [4.78, 5) is -1.10. The fourth-order valence-electron chi connectivity index (χ4n) is 2.42. The van der Waals surface area contributed by atoms with Crippen molar-refractivity contribution in [2.75, 3.05) is 6.26 Å². The summed E-state index contributed by atoms with van der Waals surface area (Å²) in [6, 6.07) is 0.492. The zero-order valence-corrected chi connectivity index (χ0v) is 11.4. The highest BCUT2D eigenvalue weighted by Gasteiger charge is 2.50. The molecule has 1 aromatic carbocycles. The van der Waals surface area contributed by atoms with Gasteiger partial charge in [0.25, 0.3) is 0 Å². The number of benzene rings is 1. The number of hydrogen-bond acceptors (Lipinski definition) is 4. The Hall–Kier alpha value is -1.21. The second-order valence-corrected chi connectivity index (χ2v) is 7.07. The predicted molar refractivity (Wildman–Crippen MR) is 65.7 cm³/mol. The van der Waals surface area contributed by atoms with E-state index in [1.54, 1.807) is 6.92 Å². The fourth-order valence-corrected chi connectivity index (χ4v) is 3.25. The standard InChI is InChI=1S/C12H15F2NO3S/c1-6(15)12(3-4-12)7-5-8(13)11(19(2,17)18)9(14)10(7)16/h5-6,16H,3-4,15H2,1-2H3. The van der Waals surface area contributed by atoms with Gasteiger partial charge in [-0.3, -0.25) is 0 Å². The highest BCUT2D eigenvalue weighted by Crippen LogP contribution is 2.54. The van der Waals surface area contributed by atoms with Crippen molar-refractivity contribution in [3.63, 3.8) is 0 Å². The van der Waals surface area contributed by atoms with Gasteiger partial charge in [-0.2, -0.15) is 0 Å². The summed E-state index contributed by atoms with van der Waals surface area (Å²) in [7, 11) is -4.09. The van der Waals surface area contributed by atoms with Crippen molar-refractivity contribution >= 4 is 9.84 Å². The molecule has 106 valence electrons.